The molecule has 0 unspecified atom stereocenters. The fourth-order valence-corrected chi connectivity index (χ4v) is 3.65. The van der Waals surface area contributed by atoms with Crippen molar-refractivity contribution < 1.29 is 4.79 Å². The van der Waals surface area contributed by atoms with Gasteiger partial charge in [-0.2, -0.15) is 5.10 Å². The van der Waals surface area contributed by atoms with E-state index in [1.165, 1.54) is 31.5 Å². The number of carbonyl (C=O) groups is 1. The molecule has 0 bridgehead atoms. The summed E-state index contributed by atoms with van der Waals surface area (Å²) in [6.07, 6.45) is 4.61. The van der Waals surface area contributed by atoms with Crippen LogP contribution in [0.3, 0.4) is 0 Å². The second-order valence-corrected chi connectivity index (χ2v) is 6.91. The van der Waals surface area contributed by atoms with Crippen molar-refractivity contribution in [3.63, 3.8) is 0 Å². The Bertz CT molecular complexity index is 741. The van der Waals surface area contributed by atoms with Crippen LogP contribution in [0.4, 0.5) is 5.69 Å². The van der Waals surface area contributed by atoms with Crippen LogP contribution in [-0.2, 0) is 19.4 Å². The smallest absolute Gasteiger partial charge is 0.276 e. The lowest BCUT2D eigenvalue weighted by Crippen LogP contribution is -2.25. The van der Waals surface area contributed by atoms with Crippen LogP contribution in [0.2, 0.25) is 0 Å². The molecule has 1 aromatic heterocycles. The van der Waals surface area contributed by atoms with Gasteiger partial charge in [0.25, 0.3) is 5.91 Å². The summed E-state index contributed by atoms with van der Waals surface area (Å²) in [6.45, 7) is 5.21. The van der Waals surface area contributed by atoms with Crippen molar-refractivity contribution in [3.8, 4) is 0 Å². The van der Waals surface area contributed by atoms with Gasteiger partial charge in [-0.05, 0) is 50.0 Å². The molecule has 0 atom stereocenters. The van der Waals surface area contributed by atoms with Gasteiger partial charge in [-0.1, -0.05) is 12.1 Å². The summed E-state index contributed by atoms with van der Waals surface area (Å²) >= 11 is 0. The topological polar surface area (TPSA) is 73.0 Å². The first-order valence-electron chi connectivity index (χ1n) is 9.19. The minimum atomic E-state index is -0.147. The molecule has 0 saturated carbocycles. The first-order chi connectivity index (χ1) is 12.3. The molecule has 1 amide bonds. The lowest BCUT2D eigenvalue weighted by molar-refractivity contribution is 0.102. The predicted molar refractivity (Wildman–Crippen MR) is 112 cm³/mol. The van der Waals surface area contributed by atoms with E-state index >= 15 is 0 Å². The Kier molecular flexibility index (Phi) is 8.10. The highest BCUT2D eigenvalue weighted by molar-refractivity contribution is 6.04. The number of nitrogens with zero attached hydrogens (tertiary/aromatic N) is 2. The fraction of sp³-hybridized carbons (Fsp3) is 0.474. The van der Waals surface area contributed by atoms with E-state index in [1.807, 2.05) is 12.1 Å². The van der Waals surface area contributed by atoms with Crippen LogP contribution in [0.15, 0.2) is 24.3 Å². The summed E-state index contributed by atoms with van der Waals surface area (Å²) in [7, 11) is 0. The number of rotatable bonds is 5. The molecule has 6 nitrogen and oxygen atoms in total. The van der Waals surface area contributed by atoms with Crippen molar-refractivity contribution in [1.82, 2.24) is 20.4 Å². The average Bonchev–Trinajstić information content (AvgIpc) is 3.31. The van der Waals surface area contributed by atoms with Crippen LogP contribution in [0.5, 0.6) is 0 Å². The molecule has 0 aliphatic carbocycles. The Labute approximate surface area is 172 Å². The number of aromatic nitrogens is 2. The number of anilines is 1. The van der Waals surface area contributed by atoms with Gasteiger partial charge in [0, 0.05) is 43.0 Å². The van der Waals surface area contributed by atoms with Crippen molar-refractivity contribution >= 4 is 36.4 Å². The SMILES string of the molecule is Cl.Cl.O=C(Nc1ccc(CCN2CCCC2)cc1)c1n[nH]c2c1CNCC2. The second kappa shape index (κ2) is 10.1. The van der Waals surface area contributed by atoms with Crippen LogP contribution in [-0.4, -0.2) is 47.2 Å². The van der Waals surface area contributed by atoms with E-state index in [4.69, 9.17) is 0 Å². The van der Waals surface area contributed by atoms with E-state index in [-0.39, 0.29) is 30.7 Å². The molecule has 148 valence electrons. The molecular formula is C19H27Cl2N5O. The molecule has 4 rings (SSSR count). The zero-order valence-corrected chi connectivity index (χ0v) is 16.9. The molecule has 2 aliphatic heterocycles. The monoisotopic (exact) mass is 411 g/mol. The average molecular weight is 412 g/mol. The van der Waals surface area contributed by atoms with Crippen molar-refractivity contribution in [2.45, 2.75) is 32.2 Å². The van der Waals surface area contributed by atoms with Gasteiger partial charge in [-0.25, -0.2) is 0 Å². The zero-order valence-electron chi connectivity index (χ0n) is 15.3. The number of hydrogen-bond acceptors (Lipinski definition) is 4. The first-order valence-corrected chi connectivity index (χ1v) is 9.19. The number of aromatic amines is 1. The number of hydrogen-bond donors (Lipinski definition) is 3. The molecule has 27 heavy (non-hydrogen) atoms. The highest BCUT2D eigenvalue weighted by Gasteiger charge is 2.21. The molecule has 0 radical (unpaired) electrons. The summed E-state index contributed by atoms with van der Waals surface area (Å²) in [5.74, 6) is -0.147. The Morgan fingerprint density at radius 2 is 1.89 bits per heavy atom. The summed E-state index contributed by atoms with van der Waals surface area (Å²) in [6, 6.07) is 8.17. The summed E-state index contributed by atoms with van der Waals surface area (Å²) in [4.78, 5) is 15.0. The molecule has 0 spiro atoms. The molecule has 1 aromatic carbocycles. The van der Waals surface area contributed by atoms with Gasteiger partial charge in [0.2, 0.25) is 0 Å². The zero-order chi connectivity index (χ0) is 17.1. The van der Waals surface area contributed by atoms with Gasteiger partial charge >= 0.3 is 0 Å². The van der Waals surface area contributed by atoms with Crippen LogP contribution in [0.1, 0.15) is 40.2 Å². The van der Waals surface area contributed by atoms with Crippen LogP contribution in [0.25, 0.3) is 0 Å². The Morgan fingerprint density at radius 3 is 2.63 bits per heavy atom. The first kappa shape index (κ1) is 21.7. The molecule has 8 heteroatoms. The summed E-state index contributed by atoms with van der Waals surface area (Å²) in [5, 5.41) is 13.4. The lowest BCUT2D eigenvalue weighted by atomic mass is 10.1. The summed E-state index contributed by atoms with van der Waals surface area (Å²) < 4.78 is 0. The van der Waals surface area contributed by atoms with Crippen molar-refractivity contribution in [2.75, 3.05) is 31.5 Å². The molecule has 2 aromatic rings. The van der Waals surface area contributed by atoms with Gasteiger partial charge < -0.3 is 15.5 Å². The summed E-state index contributed by atoms with van der Waals surface area (Å²) in [5.41, 5.74) is 4.69. The van der Waals surface area contributed by atoms with E-state index in [0.717, 1.165) is 42.9 Å². The third-order valence-electron chi connectivity index (χ3n) is 5.15. The highest BCUT2D eigenvalue weighted by Crippen LogP contribution is 2.18. The van der Waals surface area contributed by atoms with E-state index in [0.29, 0.717) is 12.2 Å². The van der Waals surface area contributed by atoms with Crippen LogP contribution >= 0.6 is 24.8 Å². The minimum Gasteiger partial charge on any atom is -0.321 e. The van der Waals surface area contributed by atoms with Crippen molar-refractivity contribution in [3.05, 3.63) is 46.8 Å². The molecule has 1 saturated heterocycles. The van der Waals surface area contributed by atoms with Gasteiger partial charge in [0.05, 0.1) is 0 Å². The van der Waals surface area contributed by atoms with Gasteiger partial charge in [0.1, 0.15) is 0 Å². The van der Waals surface area contributed by atoms with E-state index in [9.17, 15) is 4.79 Å². The molecule has 3 N–H and O–H groups in total. The Morgan fingerprint density at radius 1 is 1.15 bits per heavy atom. The number of likely N-dealkylation sites (tertiary alicyclic amines) is 1. The van der Waals surface area contributed by atoms with Crippen molar-refractivity contribution in [1.29, 1.82) is 0 Å². The standard InChI is InChI=1S/C19H25N5O.2ClH/c25-19(18-16-13-20-9-7-17(16)22-23-18)21-15-5-3-14(4-6-15)8-12-24-10-1-2-11-24;;/h3-6,20H,1-2,7-13H2,(H,21,25)(H,22,23);2*1H. The number of carbonyl (C=O) groups excluding carboxylic acids is 1. The normalized spacial score (nSPS) is 16.1. The highest BCUT2D eigenvalue weighted by atomic mass is 35.5. The van der Waals surface area contributed by atoms with Crippen LogP contribution < -0.4 is 10.6 Å². The Balaban J connectivity index is 0.00000131. The third-order valence-corrected chi connectivity index (χ3v) is 5.15. The largest absolute Gasteiger partial charge is 0.321 e. The number of benzene rings is 1. The molecule has 1 fully saturated rings. The molecule has 3 heterocycles. The van der Waals surface area contributed by atoms with E-state index < -0.39 is 0 Å². The van der Waals surface area contributed by atoms with Gasteiger partial charge in [0.15, 0.2) is 5.69 Å². The second-order valence-electron chi connectivity index (χ2n) is 6.91. The van der Waals surface area contributed by atoms with Gasteiger partial charge in [-0.15, -0.1) is 24.8 Å². The molecule has 2 aliphatic rings. The molecular weight excluding hydrogens is 385 g/mol. The van der Waals surface area contributed by atoms with Crippen molar-refractivity contribution in [2.24, 2.45) is 0 Å². The number of nitrogens with one attached hydrogen (secondary N) is 3. The quantitative estimate of drug-likeness (QED) is 0.706. The minimum absolute atomic E-state index is 0. The van der Waals surface area contributed by atoms with E-state index in [2.05, 4.69) is 37.9 Å². The Hall–Kier alpha value is -1.60. The maximum absolute atomic E-state index is 12.5. The predicted octanol–water partition coefficient (Wildman–Crippen LogP) is 2.79. The lowest BCUT2D eigenvalue weighted by Gasteiger charge is -2.14. The number of amides is 1. The number of halogens is 2. The number of H-pyrrole nitrogens is 1. The van der Waals surface area contributed by atoms with Crippen LogP contribution in [0, 0.1) is 0 Å². The maximum atomic E-state index is 12.5. The fourth-order valence-electron chi connectivity index (χ4n) is 3.65. The number of fused-ring (bicyclic) bond motifs is 1. The van der Waals surface area contributed by atoms with Gasteiger partial charge in [-0.3, -0.25) is 9.89 Å². The third kappa shape index (κ3) is 5.23. The maximum Gasteiger partial charge on any atom is 0.276 e. The van der Waals surface area contributed by atoms with E-state index in [1.54, 1.807) is 0 Å².